The fourth-order valence-electron chi connectivity index (χ4n) is 9.45. The van der Waals surface area contributed by atoms with E-state index in [0.717, 1.165) is 71.6 Å². The summed E-state index contributed by atoms with van der Waals surface area (Å²) in [5.41, 5.74) is 6.60. The molecule has 252 valence electrons. The van der Waals surface area contributed by atoms with Gasteiger partial charge in [-0.15, -0.1) is 22.7 Å². The number of nitriles is 2. The molecule has 10 heteroatoms. The van der Waals surface area contributed by atoms with Crippen molar-refractivity contribution < 1.29 is 19.2 Å². The first-order valence-corrected chi connectivity index (χ1v) is 19.0. The SMILES string of the molecule is CC1=C(C#N)C(=O)N(C)C(=O)/C1=C/C1=Cc2sc3c(c2C12CCCCC2)C1(CCCCC1)c1cc(/C=C2/C(=O)N(C)C(=O)C(C#N)=C2C)sc1-3. The van der Waals surface area contributed by atoms with Gasteiger partial charge in [-0.3, -0.25) is 29.0 Å². The van der Waals surface area contributed by atoms with E-state index < -0.39 is 17.7 Å². The minimum Gasteiger partial charge on any atom is -0.277 e. The number of carbonyl (C=O) groups excluding carboxylic acids is 4. The molecule has 6 aliphatic rings. The van der Waals surface area contributed by atoms with Crippen LogP contribution in [-0.4, -0.2) is 47.5 Å². The lowest BCUT2D eigenvalue weighted by molar-refractivity contribution is -0.140. The van der Waals surface area contributed by atoms with E-state index in [0.29, 0.717) is 22.3 Å². The van der Waals surface area contributed by atoms with Gasteiger partial charge in [-0.1, -0.05) is 38.5 Å². The second-order valence-electron chi connectivity index (χ2n) is 14.5. The largest absolute Gasteiger partial charge is 0.277 e. The van der Waals surface area contributed by atoms with Crippen molar-refractivity contribution in [2.75, 3.05) is 14.1 Å². The molecular weight excluding hydrogens is 665 g/mol. The fourth-order valence-corrected chi connectivity index (χ4v) is 12.3. The highest BCUT2D eigenvalue weighted by molar-refractivity contribution is 7.23. The van der Waals surface area contributed by atoms with Crippen LogP contribution in [0.25, 0.3) is 21.9 Å². The summed E-state index contributed by atoms with van der Waals surface area (Å²) in [7, 11) is 2.87. The summed E-state index contributed by atoms with van der Waals surface area (Å²) in [5.74, 6) is -1.88. The third kappa shape index (κ3) is 4.25. The standard InChI is InChI=1S/C40H36N4O4S2/c1-21-25(35(45)43(3)37(47)27(21)19-41)15-23-16-30-31(39(23)11-7-5-8-12-39)32-34(50-30)33-29(40(32)13-9-6-10-14-40)18-24(49-33)17-26-22(2)28(20-42)38(48)44(4)36(26)46/h15-18H,5-14H2,1-4H3/b25-15+,26-17+. The number of thiophene rings is 2. The number of amides is 4. The van der Waals surface area contributed by atoms with Crippen LogP contribution in [0.4, 0.5) is 0 Å². The van der Waals surface area contributed by atoms with E-state index in [1.165, 1.54) is 58.3 Å². The summed E-state index contributed by atoms with van der Waals surface area (Å²) in [6, 6.07) is 6.29. The molecule has 0 saturated heterocycles. The highest BCUT2D eigenvalue weighted by atomic mass is 32.1. The number of imide groups is 2. The van der Waals surface area contributed by atoms with Crippen molar-refractivity contribution >= 4 is 58.5 Å². The first-order valence-electron chi connectivity index (χ1n) is 17.3. The number of nitrogens with zero attached hydrogens (tertiary/aromatic N) is 4. The van der Waals surface area contributed by atoms with Crippen molar-refractivity contribution in [2.45, 2.75) is 88.9 Å². The molecule has 0 radical (unpaired) electrons. The van der Waals surface area contributed by atoms with Crippen LogP contribution in [-0.2, 0) is 30.0 Å². The summed E-state index contributed by atoms with van der Waals surface area (Å²) < 4.78 is 0. The van der Waals surface area contributed by atoms with E-state index in [2.05, 4.69) is 12.1 Å². The van der Waals surface area contributed by atoms with Gasteiger partial charge in [-0.2, -0.15) is 10.5 Å². The number of rotatable bonds is 2. The van der Waals surface area contributed by atoms with Crippen LogP contribution in [0.15, 0.2) is 51.2 Å². The Labute approximate surface area is 299 Å². The lowest BCUT2D eigenvalue weighted by Crippen LogP contribution is -2.40. The molecule has 2 aromatic heterocycles. The maximum Gasteiger partial charge on any atom is 0.271 e. The maximum absolute atomic E-state index is 13.5. The second kappa shape index (κ2) is 11.4. The molecule has 0 N–H and O–H groups in total. The number of hydrogen-bond acceptors (Lipinski definition) is 8. The minimum atomic E-state index is -0.565. The number of carbonyl (C=O) groups is 4. The van der Waals surface area contributed by atoms with Crippen molar-refractivity contribution in [1.82, 2.24) is 9.80 Å². The molecular formula is C40H36N4O4S2. The fraction of sp³-hybridized carbons (Fsp3) is 0.400. The predicted molar refractivity (Wildman–Crippen MR) is 192 cm³/mol. The van der Waals surface area contributed by atoms with E-state index in [9.17, 15) is 29.7 Å². The molecule has 4 aliphatic carbocycles. The van der Waals surface area contributed by atoms with E-state index in [1.54, 1.807) is 25.2 Å². The average molecular weight is 701 g/mol. The zero-order valence-corrected chi connectivity index (χ0v) is 30.3. The monoisotopic (exact) mass is 700 g/mol. The van der Waals surface area contributed by atoms with E-state index >= 15 is 0 Å². The van der Waals surface area contributed by atoms with E-state index in [4.69, 9.17) is 0 Å². The normalized spacial score (nSPS) is 24.0. The molecule has 2 saturated carbocycles. The number of hydrogen-bond donors (Lipinski definition) is 0. The van der Waals surface area contributed by atoms with Gasteiger partial charge in [0, 0.05) is 55.6 Å². The highest BCUT2D eigenvalue weighted by Gasteiger charge is 2.54. The zero-order valence-electron chi connectivity index (χ0n) is 28.6. The molecule has 2 aliphatic heterocycles. The second-order valence-corrected chi connectivity index (χ2v) is 16.6. The molecule has 0 aromatic carbocycles. The molecule has 4 amide bonds. The Bertz CT molecular complexity index is 2230. The van der Waals surface area contributed by atoms with Crippen molar-refractivity contribution in [3.05, 3.63) is 77.6 Å². The summed E-state index contributed by atoms with van der Waals surface area (Å²) in [4.78, 5) is 58.9. The number of likely N-dealkylation sites (N-methyl/N-ethyl adjacent to an activating group) is 2. The molecule has 8 nitrogen and oxygen atoms in total. The Morgan fingerprint density at radius 3 is 1.74 bits per heavy atom. The van der Waals surface area contributed by atoms with Crippen molar-refractivity contribution in [3.8, 4) is 21.9 Å². The lowest BCUT2D eigenvalue weighted by Gasteiger charge is -2.42. The Balaban J connectivity index is 1.30. The zero-order chi connectivity index (χ0) is 35.3. The van der Waals surface area contributed by atoms with Crippen molar-refractivity contribution in [2.24, 2.45) is 0 Å². The third-order valence-corrected chi connectivity index (χ3v) is 14.5. The third-order valence-electron chi connectivity index (χ3n) is 12.1. The van der Waals surface area contributed by atoms with Gasteiger partial charge in [0.15, 0.2) is 0 Å². The first-order chi connectivity index (χ1) is 24.0. The van der Waals surface area contributed by atoms with Gasteiger partial charge >= 0.3 is 0 Å². The molecule has 4 heterocycles. The minimum absolute atomic E-state index is 0.00112. The van der Waals surface area contributed by atoms with Gasteiger partial charge in [0.2, 0.25) is 0 Å². The van der Waals surface area contributed by atoms with Gasteiger partial charge in [0.1, 0.15) is 23.3 Å². The number of allylic oxidation sites excluding steroid dienone is 2. The molecule has 2 aromatic rings. The maximum atomic E-state index is 13.5. The summed E-state index contributed by atoms with van der Waals surface area (Å²) in [6.45, 7) is 3.39. The summed E-state index contributed by atoms with van der Waals surface area (Å²) in [6.07, 6.45) is 17.0. The Kier molecular flexibility index (Phi) is 7.45. The predicted octanol–water partition coefficient (Wildman–Crippen LogP) is 7.63. The van der Waals surface area contributed by atoms with Crippen LogP contribution in [0.1, 0.15) is 105 Å². The first kappa shape index (κ1) is 32.6. The quantitative estimate of drug-likeness (QED) is 0.235. The topological polar surface area (TPSA) is 122 Å². The average Bonchev–Trinajstić information content (AvgIpc) is 3.84. The van der Waals surface area contributed by atoms with Crippen LogP contribution in [0.3, 0.4) is 0 Å². The van der Waals surface area contributed by atoms with Gasteiger partial charge in [0.05, 0.1) is 0 Å². The van der Waals surface area contributed by atoms with Crippen LogP contribution in [0.5, 0.6) is 0 Å². The molecule has 2 fully saturated rings. The molecule has 8 rings (SSSR count). The van der Waals surface area contributed by atoms with Crippen LogP contribution in [0.2, 0.25) is 0 Å². The van der Waals surface area contributed by atoms with Gasteiger partial charge < -0.3 is 0 Å². The number of fused-ring (bicyclic) bond motifs is 8. The molecule has 50 heavy (non-hydrogen) atoms. The summed E-state index contributed by atoms with van der Waals surface area (Å²) in [5, 5.41) is 19.5. The molecule has 0 unspecified atom stereocenters. The van der Waals surface area contributed by atoms with Gasteiger partial charge in [-0.25, -0.2) is 0 Å². The van der Waals surface area contributed by atoms with Crippen molar-refractivity contribution in [1.29, 1.82) is 10.5 Å². The van der Waals surface area contributed by atoms with Crippen LogP contribution in [0, 0.1) is 22.7 Å². The lowest BCUT2D eigenvalue weighted by atomic mass is 9.61. The Hall–Kier alpha value is -4.64. The molecule has 0 atom stereocenters. The highest BCUT2D eigenvalue weighted by Crippen LogP contribution is 2.67. The van der Waals surface area contributed by atoms with Crippen LogP contribution < -0.4 is 0 Å². The molecule has 2 spiro atoms. The van der Waals surface area contributed by atoms with Gasteiger partial charge in [-0.05, 0) is 97.2 Å². The van der Waals surface area contributed by atoms with E-state index in [-0.39, 0.29) is 27.9 Å². The Morgan fingerprint density at radius 2 is 1.20 bits per heavy atom. The summed E-state index contributed by atoms with van der Waals surface area (Å²) >= 11 is 3.51. The van der Waals surface area contributed by atoms with Crippen LogP contribution >= 0.6 is 22.7 Å². The smallest absolute Gasteiger partial charge is 0.271 e. The van der Waals surface area contributed by atoms with E-state index in [1.807, 2.05) is 35.6 Å². The van der Waals surface area contributed by atoms with Crippen molar-refractivity contribution in [3.63, 3.8) is 0 Å². The Morgan fingerprint density at radius 1 is 0.680 bits per heavy atom. The molecule has 0 bridgehead atoms. The van der Waals surface area contributed by atoms with Gasteiger partial charge in [0.25, 0.3) is 23.6 Å².